The predicted octanol–water partition coefficient (Wildman–Crippen LogP) is 1.19. The number of carbonyl (C=O) groups excluding carboxylic acids is 1. The third-order valence-electron chi connectivity index (χ3n) is 4.37. The number of aryl methyl sites for hydroxylation is 1. The molecule has 0 spiro atoms. The smallest absolute Gasteiger partial charge is 0.222 e. The second-order valence-electron chi connectivity index (χ2n) is 6.17. The molecular formula is C18H28N4O. The van der Waals surface area contributed by atoms with Gasteiger partial charge in [-0.05, 0) is 39.2 Å². The molecule has 0 bridgehead atoms. The fourth-order valence-electron chi connectivity index (χ4n) is 3.19. The van der Waals surface area contributed by atoms with Gasteiger partial charge < -0.3 is 10.2 Å². The molecule has 5 heteroatoms. The Bertz CT molecular complexity index is 666. The molecule has 1 aromatic heterocycles. The van der Waals surface area contributed by atoms with Crippen molar-refractivity contribution in [2.24, 2.45) is 0 Å². The highest BCUT2D eigenvalue weighted by molar-refractivity contribution is 5.76. The molecule has 2 heterocycles. The molecule has 0 aromatic carbocycles. The minimum atomic E-state index is 0.292. The second kappa shape index (κ2) is 7.99. The molecule has 2 N–H and O–H groups in total. The van der Waals surface area contributed by atoms with Gasteiger partial charge in [-0.3, -0.25) is 9.89 Å². The second-order valence-corrected chi connectivity index (χ2v) is 6.17. The number of amides is 1. The number of rotatable bonds is 5. The largest absolute Gasteiger partial charge is 0.385 e. The van der Waals surface area contributed by atoms with Crippen LogP contribution in [-0.4, -0.2) is 40.1 Å². The number of allylic oxidation sites excluding steroid dienone is 1. The Morgan fingerprint density at radius 3 is 2.78 bits per heavy atom. The van der Waals surface area contributed by atoms with Crippen LogP contribution in [-0.2, 0) is 4.79 Å². The van der Waals surface area contributed by atoms with E-state index in [4.69, 9.17) is 0 Å². The van der Waals surface area contributed by atoms with Crippen molar-refractivity contribution in [1.29, 1.82) is 0 Å². The topological polar surface area (TPSA) is 61.0 Å². The van der Waals surface area contributed by atoms with E-state index in [1.807, 2.05) is 17.9 Å². The monoisotopic (exact) mass is 316 g/mol. The maximum Gasteiger partial charge on any atom is 0.222 e. The lowest BCUT2D eigenvalue weighted by Crippen LogP contribution is -2.45. The van der Waals surface area contributed by atoms with Crippen molar-refractivity contribution in [1.82, 2.24) is 20.4 Å². The Morgan fingerprint density at radius 2 is 2.17 bits per heavy atom. The molecule has 0 atom stereocenters. The number of likely N-dealkylation sites (tertiary alicyclic amines) is 1. The molecule has 2 rings (SSSR count). The van der Waals surface area contributed by atoms with Crippen LogP contribution < -0.4 is 15.9 Å². The van der Waals surface area contributed by atoms with E-state index < -0.39 is 0 Å². The van der Waals surface area contributed by atoms with Crippen LogP contribution in [0, 0.1) is 6.92 Å². The molecule has 1 aliphatic rings. The van der Waals surface area contributed by atoms with Gasteiger partial charge in [-0.1, -0.05) is 19.6 Å². The van der Waals surface area contributed by atoms with E-state index in [0.29, 0.717) is 18.4 Å². The molecule has 126 valence electrons. The highest BCUT2D eigenvalue weighted by Crippen LogP contribution is 2.13. The summed E-state index contributed by atoms with van der Waals surface area (Å²) in [6, 6.07) is 0.409. The predicted molar refractivity (Wildman–Crippen MR) is 94.0 cm³/mol. The van der Waals surface area contributed by atoms with Crippen LogP contribution in [0.4, 0.5) is 0 Å². The third-order valence-corrected chi connectivity index (χ3v) is 4.37. The molecule has 0 unspecified atom stereocenters. The van der Waals surface area contributed by atoms with Crippen LogP contribution in [0.25, 0.3) is 11.8 Å². The van der Waals surface area contributed by atoms with Crippen molar-refractivity contribution >= 4 is 17.7 Å². The molecule has 0 aliphatic carbocycles. The van der Waals surface area contributed by atoms with Crippen molar-refractivity contribution < 1.29 is 4.79 Å². The Kier molecular flexibility index (Phi) is 6.02. The number of hydrogen-bond acceptors (Lipinski definition) is 3. The normalized spacial score (nSPS) is 18.0. The van der Waals surface area contributed by atoms with Crippen LogP contribution in [0.5, 0.6) is 0 Å². The van der Waals surface area contributed by atoms with Gasteiger partial charge >= 0.3 is 0 Å². The summed E-state index contributed by atoms with van der Waals surface area (Å²) in [7, 11) is 0. The Labute approximate surface area is 138 Å². The fourth-order valence-corrected chi connectivity index (χ4v) is 3.19. The van der Waals surface area contributed by atoms with Gasteiger partial charge in [0.2, 0.25) is 5.91 Å². The van der Waals surface area contributed by atoms with Gasteiger partial charge in [-0.15, -0.1) is 0 Å². The van der Waals surface area contributed by atoms with Gasteiger partial charge in [0, 0.05) is 36.5 Å². The first-order chi connectivity index (χ1) is 11.1. The van der Waals surface area contributed by atoms with E-state index in [9.17, 15) is 4.79 Å². The highest BCUT2D eigenvalue weighted by atomic mass is 16.2. The van der Waals surface area contributed by atoms with Crippen LogP contribution in [0.2, 0.25) is 0 Å². The van der Waals surface area contributed by atoms with Gasteiger partial charge in [0.15, 0.2) is 0 Å². The zero-order valence-electron chi connectivity index (χ0n) is 14.5. The summed E-state index contributed by atoms with van der Waals surface area (Å²) in [5.41, 5.74) is 2.11. The summed E-state index contributed by atoms with van der Waals surface area (Å²) in [5.74, 6) is 0.292. The molecule has 0 radical (unpaired) electrons. The summed E-state index contributed by atoms with van der Waals surface area (Å²) in [5, 5.41) is 13.0. The van der Waals surface area contributed by atoms with Crippen LogP contribution in [0.1, 0.15) is 45.2 Å². The molecule has 1 aromatic rings. The zero-order chi connectivity index (χ0) is 16.8. The van der Waals surface area contributed by atoms with Gasteiger partial charge in [-0.2, -0.15) is 5.10 Å². The van der Waals surface area contributed by atoms with Crippen molar-refractivity contribution in [3.63, 3.8) is 0 Å². The molecule has 5 nitrogen and oxygen atoms in total. The highest BCUT2D eigenvalue weighted by Gasteiger charge is 2.22. The summed E-state index contributed by atoms with van der Waals surface area (Å²) < 4.78 is 0. The Morgan fingerprint density at radius 1 is 1.48 bits per heavy atom. The molecule has 23 heavy (non-hydrogen) atoms. The summed E-state index contributed by atoms with van der Waals surface area (Å²) in [6.07, 6.45) is 7.27. The number of hydrogen-bond donors (Lipinski definition) is 2. The number of H-pyrrole nitrogens is 1. The number of piperidine rings is 1. The zero-order valence-corrected chi connectivity index (χ0v) is 14.5. The van der Waals surface area contributed by atoms with Gasteiger partial charge in [-0.25, -0.2) is 0 Å². The number of aromatic amines is 1. The average molecular weight is 316 g/mol. The van der Waals surface area contributed by atoms with Gasteiger partial charge in [0.25, 0.3) is 0 Å². The minimum Gasteiger partial charge on any atom is -0.385 e. The van der Waals surface area contributed by atoms with Crippen LogP contribution in [0.15, 0.2) is 12.7 Å². The van der Waals surface area contributed by atoms with Gasteiger partial charge in [0.1, 0.15) is 0 Å². The molecule has 1 aliphatic heterocycles. The molecule has 1 saturated heterocycles. The lowest BCUT2D eigenvalue weighted by atomic mass is 10.0. The maximum absolute atomic E-state index is 11.9. The first kappa shape index (κ1) is 17.3. The lowest BCUT2D eigenvalue weighted by Gasteiger charge is -2.33. The quantitative estimate of drug-likeness (QED) is 0.858. The number of carbonyl (C=O) groups is 1. The van der Waals surface area contributed by atoms with Crippen molar-refractivity contribution in [2.45, 2.75) is 52.5 Å². The van der Waals surface area contributed by atoms with Crippen molar-refractivity contribution in [2.75, 3.05) is 13.1 Å². The average Bonchev–Trinajstić information content (AvgIpc) is 2.89. The fraction of sp³-hybridized carbons (Fsp3) is 0.556. The lowest BCUT2D eigenvalue weighted by molar-refractivity contribution is -0.132. The molecule has 1 fully saturated rings. The van der Waals surface area contributed by atoms with Crippen LogP contribution >= 0.6 is 0 Å². The Hall–Kier alpha value is -2.04. The first-order valence-corrected chi connectivity index (χ1v) is 8.45. The van der Waals surface area contributed by atoms with E-state index in [1.54, 1.807) is 6.08 Å². The van der Waals surface area contributed by atoms with E-state index in [0.717, 1.165) is 54.3 Å². The molecule has 0 saturated carbocycles. The third kappa shape index (κ3) is 4.24. The van der Waals surface area contributed by atoms with Crippen LogP contribution in [0.3, 0.4) is 0 Å². The van der Waals surface area contributed by atoms with E-state index in [2.05, 4.69) is 35.9 Å². The number of nitrogens with zero attached hydrogens (tertiary/aromatic N) is 2. The standard InChI is InChI=1S/C18H28N4O/c1-5-7-16-18(14(4)20-21-16)13(3)19-15-9-11-22(12-10-15)17(23)8-6-2/h5,7,15,19,21H,1,6,8-12H2,2-4H3/b16-7+,18-13+. The van der Waals surface area contributed by atoms with E-state index in [-0.39, 0.29) is 0 Å². The van der Waals surface area contributed by atoms with Gasteiger partial charge in [0.05, 0.1) is 11.0 Å². The van der Waals surface area contributed by atoms with Crippen molar-refractivity contribution in [3.8, 4) is 0 Å². The first-order valence-electron chi connectivity index (χ1n) is 8.45. The SMILES string of the molecule is C=C/C=c1/[nH]nc(C)/c1=C(/C)NC1CCN(C(=O)CCC)CC1. The summed E-state index contributed by atoms with van der Waals surface area (Å²) in [4.78, 5) is 13.9. The number of nitrogens with one attached hydrogen (secondary N) is 2. The Balaban J connectivity index is 2.06. The summed E-state index contributed by atoms with van der Waals surface area (Å²) >= 11 is 0. The minimum absolute atomic E-state index is 0.292. The molecule has 1 amide bonds. The number of aromatic nitrogens is 2. The van der Waals surface area contributed by atoms with Crippen molar-refractivity contribution in [3.05, 3.63) is 28.9 Å². The van der Waals surface area contributed by atoms with E-state index in [1.165, 1.54) is 0 Å². The maximum atomic E-state index is 11.9. The van der Waals surface area contributed by atoms with E-state index >= 15 is 0 Å². The molecular weight excluding hydrogens is 288 g/mol. The summed E-state index contributed by atoms with van der Waals surface area (Å²) in [6.45, 7) is 11.6.